The first-order valence-corrected chi connectivity index (χ1v) is 7.48. The number of aryl methyl sites for hydroxylation is 2. The summed E-state index contributed by atoms with van der Waals surface area (Å²) < 4.78 is 2.02. The molecule has 0 aliphatic carbocycles. The van der Waals surface area contributed by atoms with Gasteiger partial charge in [-0.05, 0) is 38.5 Å². The van der Waals surface area contributed by atoms with Crippen molar-refractivity contribution in [2.45, 2.75) is 27.3 Å². The standard InChI is InChI=1S/C20H20N2O/c1-5-9-22-15(3)11-19(16(22)4)20(23)18(13-21)12-17-8-6-7-14(2)10-17/h5-8,10-12H,1,9H2,2-4H3/b18-12+. The summed E-state index contributed by atoms with van der Waals surface area (Å²) in [5, 5.41) is 9.40. The molecule has 0 radical (unpaired) electrons. The number of carbonyl (C=O) groups is 1. The van der Waals surface area contributed by atoms with Crippen molar-refractivity contribution < 1.29 is 4.79 Å². The zero-order valence-electron chi connectivity index (χ0n) is 13.8. The van der Waals surface area contributed by atoms with E-state index in [4.69, 9.17) is 0 Å². The smallest absolute Gasteiger partial charge is 0.205 e. The molecule has 0 unspecified atom stereocenters. The Morgan fingerprint density at radius 2 is 2.04 bits per heavy atom. The fraction of sp³-hybridized carbons (Fsp3) is 0.200. The van der Waals surface area contributed by atoms with Crippen LogP contribution in [0.15, 0.2) is 48.6 Å². The fourth-order valence-corrected chi connectivity index (χ4v) is 2.66. The normalized spacial score (nSPS) is 11.1. The Morgan fingerprint density at radius 1 is 1.30 bits per heavy atom. The Balaban J connectivity index is 2.44. The quantitative estimate of drug-likeness (QED) is 0.356. The number of allylic oxidation sites excluding steroid dienone is 2. The van der Waals surface area contributed by atoms with Crippen LogP contribution in [0, 0.1) is 32.1 Å². The molecule has 0 spiro atoms. The van der Waals surface area contributed by atoms with Gasteiger partial charge in [-0.1, -0.05) is 35.9 Å². The second kappa shape index (κ2) is 6.93. The highest BCUT2D eigenvalue weighted by Crippen LogP contribution is 2.20. The summed E-state index contributed by atoms with van der Waals surface area (Å²) in [5.41, 5.74) is 4.51. The van der Waals surface area contributed by atoms with E-state index in [-0.39, 0.29) is 11.4 Å². The van der Waals surface area contributed by atoms with Crippen LogP contribution in [0.1, 0.15) is 32.9 Å². The first-order chi connectivity index (χ1) is 11.0. The van der Waals surface area contributed by atoms with Gasteiger partial charge in [0.2, 0.25) is 5.78 Å². The van der Waals surface area contributed by atoms with Crippen molar-refractivity contribution in [3.8, 4) is 6.07 Å². The van der Waals surface area contributed by atoms with Gasteiger partial charge in [0.15, 0.2) is 0 Å². The second-order valence-corrected chi connectivity index (χ2v) is 5.60. The Morgan fingerprint density at radius 3 is 2.65 bits per heavy atom. The predicted octanol–water partition coefficient (Wildman–Crippen LogP) is 4.39. The first-order valence-electron chi connectivity index (χ1n) is 7.48. The van der Waals surface area contributed by atoms with Crippen molar-refractivity contribution in [3.05, 3.63) is 76.6 Å². The van der Waals surface area contributed by atoms with E-state index in [1.807, 2.05) is 61.7 Å². The van der Waals surface area contributed by atoms with E-state index < -0.39 is 0 Å². The number of hydrogen-bond donors (Lipinski definition) is 0. The van der Waals surface area contributed by atoms with Gasteiger partial charge in [0.1, 0.15) is 11.6 Å². The number of carbonyl (C=O) groups excluding carboxylic acids is 1. The van der Waals surface area contributed by atoms with E-state index in [0.717, 1.165) is 22.5 Å². The molecule has 0 fully saturated rings. The zero-order valence-corrected chi connectivity index (χ0v) is 13.8. The molecule has 116 valence electrons. The summed E-state index contributed by atoms with van der Waals surface area (Å²) >= 11 is 0. The third-order valence-electron chi connectivity index (χ3n) is 3.85. The molecule has 3 nitrogen and oxygen atoms in total. The number of Topliss-reactive ketones (excluding diaryl/α,β-unsaturated/α-hetero) is 1. The van der Waals surface area contributed by atoms with Gasteiger partial charge in [0, 0.05) is 23.5 Å². The molecular weight excluding hydrogens is 284 g/mol. The van der Waals surface area contributed by atoms with Crippen molar-refractivity contribution in [1.29, 1.82) is 5.26 Å². The minimum absolute atomic E-state index is 0.148. The van der Waals surface area contributed by atoms with E-state index >= 15 is 0 Å². The molecule has 23 heavy (non-hydrogen) atoms. The molecule has 0 atom stereocenters. The molecule has 0 saturated heterocycles. The maximum Gasteiger partial charge on any atom is 0.205 e. The number of nitrogens with zero attached hydrogens (tertiary/aromatic N) is 2. The highest BCUT2D eigenvalue weighted by molar-refractivity contribution is 6.14. The molecule has 0 bridgehead atoms. The van der Waals surface area contributed by atoms with Crippen molar-refractivity contribution in [1.82, 2.24) is 4.57 Å². The summed E-state index contributed by atoms with van der Waals surface area (Å²) in [5.74, 6) is -0.239. The molecule has 0 N–H and O–H groups in total. The zero-order chi connectivity index (χ0) is 17.0. The average Bonchev–Trinajstić information content (AvgIpc) is 2.80. The summed E-state index contributed by atoms with van der Waals surface area (Å²) in [6.07, 6.45) is 3.44. The molecule has 2 rings (SSSR count). The van der Waals surface area contributed by atoms with Gasteiger partial charge in [-0.3, -0.25) is 4.79 Å². The third-order valence-corrected chi connectivity index (χ3v) is 3.85. The molecule has 1 aromatic carbocycles. The summed E-state index contributed by atoms with van der Waals surface area (Å²) in [6, 6.07) is 11.6. The molecule has 0 saturated carbocycles. The summed E-state index contributed by atoms with van der Waals surface area (Å²) in [7, 11) is 0. The number of hydrogen-bond acceptors (Lipinski definition) is 2. The van der Waals surface area contributed by atoms with Gasteiger partial charge in [-0.15, -0.1) is 6.58 Å². The highest BCUT2D eigenvalue weighted by atomic mass is 16.1. The largest absolute Gasteiger partial charge is 0.345 e. The van der Waals surface area contributed by atoms with Crippen LogP contribution in [0.4, 0.5) is 0 Å². The van der Waals surface area contributed by atoms with E-state index in [1.165, 1.54) is 0 Å². The second-order valence-electron chi connectivity index (χ2n) is 5.60. The van der Waals surface area contributed by atoms with Crippen LogP contribution in [0.25, 0.3) is 6.08 Å². The lowest BCUT2D eigenvalue weighted by atomic mass is 10.0. The number of ketones is 1. The monoisotopic (exact) mass is 304 g/mol. The fourth-order valence-electron chi connectivity index (χ4n) is 2.66. The first kappa shape index (κ1) is 16.5. The van der Waals surface area contributed by atoms with E-state index in [0.29, 0.717) is 12.1 Å². The van der Waals surface area contributed by atoms with Crippen LogP contribution < -0.4 is 0 Å². The van der Waals surface area contributed by atoms with Gasteiger partial charge >= 0.3 is 0 Å². The predicted molar refractivity (Wildman–Crippen MR) is 93.2 cm³/mol. The minimum Gasteiger partial charge on any atom is -0.345 e. The third kappa shape index (κ3) is 3.49. The molecule has 0 amide bonds. The summed E-state index contributed by atoms with van der Waals surface area (Å²) in [6.45, 7) is 10.2. The van der Waals surface area contributed by atoms with Gasteiger partial charge in [-0.2, -0.15) is 5.26 Å². The van der Waals surface area contributed by atoms with Crippen molar-refractivity contribution >= 4 is 11.9 Å². The molecule has 3 heteroatoms. The Labute approximate surface area is 137 Å². The number of benzene rings is 1. The molecule has 2 aromatic rings. The van der Waals surface area contributed by atoms with Crippen molar-refractivity contribution in [2.75, 3.05) is 0 Å². The SMILES string of the molecule is C=CCn1c(C)cc(C(=O)/C(C#N)=C/c2cccc(C)c2)c1C. The highest BCUT2D eigenvalue weighted by Gasteiger charge is 2.18. The van der Waals surface area contributed by atoms with Crippen LogP contribution in [0.3, 0.4) is 0 Å². The van der Waals surface area contributed by atoms with E-state index in [1.54, 1.807) is 12.2 Å². The Kier molecular flexibility index (Phi) is 4.98. The number of aromatic nitrogens is 1. The molecule has 1 aromatic heterocycles. The van der Waals surface area contributed by atoms with Crippen molar-refractivity contribution in [2.24, 2.45) is 0 Å². The lowest BCUT2D eigenvalue weighted by Gasteiger charge is -2.06. The number of rotatable bonds is 5. The maximum absolute atomic E-state index is 12.7. The van der Waals surface area contributed by atoms with Gasteiger partial charge in [-0.25, -0.2) is 0 Å². The average molecular weight is 304 g/mol. The van der Waals surface area contributed by atoms with Crippen molar-refractivity contribution in [3.63, 3.8) is 0 Å². The maximum atomic E-state index is 12.7. The lowest BCUT2D eigenvalue weighted by molar-refractivity contribution is 0.103. The molecule has 1 heterocycles. The lowest BCUT2D eigenvalue weighted by Crippen LogP contribution is -2.05. The molecule has 0 aliphatic heterocycles. The summed E-state index contributed by atoms with van der Waals surface area (Å²) in [4.78, 5) is 12.7. The number of nitriles is 1. The molecular formula is C20H20N2O. The van der Waals surface area contributed by atoms with Crippen LogP contribution in [-0.2, 0) is 6.54 Å². The van der Waals surface area contributed by atoms with Gasteiger partial charge < -0.3 is 4.57 Å². The van der Waals surface area contributed by atoms with Crippen LogP contribution in [0.2, 0.25) is 0 Å². The Hall–Kier alpha value is -2.86. The van der Waals surface area contributed by atoms with Gasteiger partial charge in [0.25, 0.3) is 0 Å². The topological polar surface area (TPSA) is 45.8 Å². The van der Waals surface area contributed by atoms with Gasteiger partial charge in [0.05, 0.1) is 0 Å². The minimum atomic E-state index is -0.239. The van der Waals surface area contributed by atoms with Crippen LogP contribution in [-0.4, -0.2) is 10.4 Å². The van der Waals surface area contributed by atoms with E-state index in [9.17, 15) is 10.1 Å². The Bertz CT molecular complexity index is 832. The van der Waals surface area contributed by atoms with Crippen LogP contribution >= 0.6 is 0 Å². The van der Waals surface area contributed by atoms with Crippen LogP contribution in [0.5, 0.6) is 0 Å². The molecule has 0 aliphatic rings. The van der Waals surface area contributed by atoms with E-state index in [2.05, 4.69) is 6.58 Å².